The number of benzene rings is 4. The number of fused-ring (bicyclic) bond motifs is 1. The fourth-order valence-electron chi connectivity index (χ4n) is 3.87. The van der Waals surface area contributed by atoms with E-state index in [2.05, 4.69) is 15.5 Å². The summed E-state index contributed by atoms with van der Waals surface area (Å²) >= 11 is 6.23. The van der Waals surface area contributed by atoms with Crippen LogP contribution in [0, 0.1) is 0 Å². The molecule has 1 amide bonds. The first-order valence-electron chi connectivity index (χ1n) is 11.0. The molecule has 0 saturated carbocycles. The number of hydrogen-bond donors (Lipinski definition) is 3. The van der Waals surface area contributed by atoms with Gasteiger partial charge in [0.1, 0.15) is 16.3 Å². The van der Waals surface area contributed by atoms with E-state index >= 15 is 0 Å². The van der Waals surface area contributed by atoms with Crippen LogP contribution in [0.1, 0.15) is 22.8 Å². The predicted molar refractivity (Wildman–Crippen MR) is 141 cm³/mol. The van der Waals surface area contributed by atoms with Gasteiger partial charge in [-0.05, 0) is 47.7 Å². The number of phenolic OH excluding ortho intramolecular Hbond substituents is 1. The third-order valence-electron chi connectivity index (χ3n) is 5.63. The van der Waals surface area contributed by atoms with Crippen LogP contribution in [0.25, 0.3) is 10.8 Å². The summed E-state index contributed by atoms with van der Waals surface area (Å²) in [6.07, 6.45) is 0.264. The number of methoxy groups -OCH3 is 1. The molecule has 4 rings (SSSR count). The van der Waals surface area contributed by atoms with Crippen molar-refractivity contribution in [3.63, 3.8) is 0 Å². The molecule has 0 radical (unpaired) electrons. The molecule has 0 atom stereocenters. The summed E-state index contributed by atoms with van der Waals surface area (Å²) in [7, 11) is -3.09. The molecular weight excluding hydrogens is 518 g/mol. The van der Waals surface area contributed by atoms with E-state index in [4.69, 9.17) is 16.3 Å². The lowest BCUT2D eigenvalue weighted by molar-refractivity contribution is 0.102. The molecule has 4 aromatic carbocycles. The van der Waals surface area contributed by atoms with Crippen molar-refractivity contribution in [2.45, 2.75) is 18.2 Å². The Morgan fingerprint density at radius 1 is 1.05 bits per heavy atom. The van der Waals surface area contributed by atoms with Crippen LogP contribution >= 0.6 is 11.6 Å². The first-order valence-corrected chi connectivity index (χ1v) is 12.9. The lowest BCUT2D eigenvalue weighted by atomic mass is 10.0. The summed E-state index contributed by atoms with van der Waals surface area (Å²) in [6.45, 7) is 1.70. The molecule has 0 bridgehead atoms. The molecule has 190 valence electrons. The van der Waals surface area contributed by atoms with Crippen LogP contribution in [0.3, 0.4) is 0 Å². The van der Waals surface area contributed by atoms with Crippen molar-refractivity contribution < 1.29 is 27.6 Å². The molecule has 4 aromatic rings. The van der Waals surface area contributed by atoms with Crippen molar-refractivity contribution >= 4 is 55.5 Å². The molecule has 0 unspecified atom stereocenters. The van der Waals surface area contributed by atoms with Gasteiger partial charge in [0.25, 0.3) is 16.0 Å². The molecule has 11 heteroatoms. The van der Waals surface area contributed by atoms with Gasteiger partial charge in [-0.3, -0.25) is 9.35 Å². The molecular formula is C26H22ClN3O6S. The molecule has 0 saturated heterocycles. The highest BCUT2D eigenvalue weighted by atomic mass is 35.5. The van der Waals surface area contributed by atoms with Gasteiger partial charge >= 0.3 is 0 Å². The lowest BCUT2D eigenvalue weighted by Gasteiger charge is -2.13. The maximum absolute atomic E-state index is 13.1. The molecule has 0 fully saturated rings. The van der Waals surface area contributed by atoms with E-state index in [1.165, 1.54) is 19.2 Å². The van der Waals surface area contributed by atoms with Crippen LogP contribution < -0.4 is 10.1 Å². The Morgan fingerprint density at radius 3 is 2.46 bits per heavy atom. The molecule has 0 spiro atoms. The number of anilines is 1. The standard InChI is InChI=1S/C26H22ClN3O6S/c1-3-17-20(27)13-16(14-23(17)37(33,34)35)29-30-24-18-9-5-4-8-15(18)12-19(25(24)31)26(32)28-21-10-6-7-11-22(21)36-2/h4-14,31H,3H2,1-2H3,(H,28,32)(H,33,34,35). The minimum atomic E-state index is -4.57. The topological polar surface area (TPSA) is 138 Å². The minimum Gasteiger partial charge on any atom is -0.505 e. The molecule has 0 heterocycles. The van der Waals surface area contributed by atoms with Crippen molar-refractivity contribution in [2.75, 3.05) is 12.4 Å². The summed E-state index contributed by atoms with van der Waals surface area (Å²) in [5.74, 6) is -0.590. The maximum Gasteiger partial charge on any atom is 0.294 e. The maximum atomic E-state index is 13.1. The Balaban J connectivity index is 1.81. The first kappa shape index (κ1) is 26.1. The van der Waals surface area contributed by atoms with E-state index < -0.39 is 21.8 Å². The van der Waals surface area contributed by atoms with Crippen LogP contribution in [0.15, 0.2) is 81.9 Å². The zero-order chi connectivity index (χ0) is 26.7. The number of ether oxygens (including phenoxy) is 1. The second-order valence-corrected chi connectivity index (χ2v) is 9.73. The number of phenols is 1. The number of carbonyl (C=O) groups excluding carboxylic acids is 1. The van der Waals surface area contributed by atoms with E-state index in [1.807, 2.05) is 0 Å². The zero-order valence-electron chi connectivity index (χ0n) is 19.8. The van der Waals surface area contributed by atoms with Gasteiger partial charge in [0.05, 0.1) is 24.0 Å². The Labute approximate surface area is 218 Å². The highest BCUT2D eigenvalue weighted by Gasteiger charge is 2.21. The number of para-hydroxylation sites is 2. The van der Waals surface area contributed by atoms with Crippen LogP contribution in [-0.4, -0.2) is 31.1 Å². The summed E-state index contributed by atoms with van der Waals surface area (Å²) in [5.41, 5.74) is 0.617. The number of nitrogens with one attached hydrogen (secondary N) is 1. The minimum absolute atomic E-state index is 0.00706. The largest absolute Gasteiger partial charge is 0.505 e. The van der Waals surface area contributed by atoms with Crippen molar-refractivity contribution in [1.82, 2.24) is 0 Å². The number of amides is 1. The molecule has 9 nitrogen and oxygen atoms in total. The van der Waals surface area contributed by atoms with Crippen molar-refractivity contribution in [2.24, 2.45) is 10.2 Å². The molecule has 0 aliphatic carbocycles. The number of azo groups is 1. The summed E-state index contributed by atoms with van der Waals surface area (Å²) < 4.78 is 38.6. The highest BCUT2D eigenvalue weighted by Crippen LogP contribution is 2.40. The average molecular weight is 540 g/mol. The monoisotopic (exact) mass is 539 g/mol. The average Bonchev–Trinajstić information content (AvgIpc) is 2.87. The highest BCUT2D eigenvalue weighted by molar-refractivity contribution is 7.85. The Bertz CT molecular complexity index is 1650. The zero-order valence-corrected chi connectivity index (χ0v) is 21.3. The molecule has 37 heavy (non-hydrogen) atoms. The molecule has 3 N–H and O–H groups in total. The van der Waals surface area contributed by atoms with Crippen molar-refractivity contribution in [3.8, 4) is 11.5 Å². The Kier molecular flexibility index (Phi) is 7.44. The summed E-state index contributed by atoms with van der Waals surface area (Å²) in [4.78, 5) is 12.8. The second-order valence-electron chi connectivity index (χ2n) is 7.93. The van der Waals surface area contributed by atoms with Crippen molar-refractivity contribution in [1.29, 1.82) is 0 Å². The Hall–Kier alpha value is -3.99. The van der Waals surface area contributed by atoms with E-state index in [1.54, 1.807) is 55.5 Å². The fraction of sp³-hybridized carbons (Fsp3) is 0.115. The predicted octanol–water partition coefficient (Wildman–Crippen LogP) is 6.68. The number of aromatic hydroxyl groups is 1. The van der Waals surface area contributed by atoms with Crippen LogP contribution in [0.4, 0.5) is 17.1 Å². The van der Waals surface area contributed by atoms with Gasteiger partial charge in [0.15, 0.2) is 5.75 Å². The van der Waals surface area contributed by atoms with E-state index in [9.17, 15) is 22.9 Å². The van der Waals surface area contributed by atoms with Gasteiger partial charge in [0.2, 0.25) is 0 Å². The smallest absolute Gasteiger partial charge is 0.294 e. The molecule has 0 aliphatic heterocycles. The quantitative estimate of drug-likeness (QED) is 0.177. The second kappa shape index (κ2) is 10.6. The fourth-order valence-corrected chi connectivity index (χ4v) is 5.10. The van der Waals surface area contributed by atoms with Crippen LogP contribution in [-0.2, 0) is 16.5 Å². The van der Waals surface area contributed by atoms with Gasteiger partial charge in [-0.15, -0.1) is 5.11 Å². The number of hydrogen-bond acceptors (Lipinski definition) is 7. The molecule has 0 aromatic heterocycles. The number of rotatable bonds is 7. The van der Waals surface area contributed by atoms with E-state index in [0.29, 0.717) is 22.2 Å². The van der Waals surface area contributed by atoms with Gasteiger partial charge in [-0.25, -0.2) is 0 Å². The number of carbonyl (C=O) groups is 1. The van der Waals surface area contributed by atoms with Gasteiger partial charge < -0.3 is 15.2 Å². The van der Waals surface area contributed by atoms with Gasteiger partial charge in [0, 0.05) is 10.4 Å². The Morgan fingerprint density at radius 2 is 1.76 bits per heavy atom. The SMILES string of the molecule is CCc1c(Cl)cc(N=Nc2c(O)c(C(=O)Nc3ccccc3OC)cc3ccccc23)cc1S(=O)(=O)O. The van der Waals surface area contributed by atoms with Gasteiger partial charge in [-0.2, -0.15) is 13.5 Å². The van der Waals surface area contributed by atoms with Crippen molar-refractivity contribution in [3.05, 3.63) is 82.9 Å². The van der Waals surface area contributed by atoms with Crippen LogP contribution in [0.2, 0.25) is 5.02 Å². The number of nitrogens with zero attached hydrogens (tertiary/aromatic N) is 2. The third-order valence-corrected chi connectivity index (χ3v) is 6.89. The lowest BCUT2D eigenvalue weighted by Crippen LogP contribution is -2.13. The first-order chi connectivity index (χ1) is 17.6. The summed E-state index contributed by atoms with van der Waals surface area (Å²) in [6, 6.07) is 17.8. The summed E-state index contributed by atoms with van der Waals surface area (Å²) in [5, 5.41) is 23.2. The number of halogens is 1. The third kappa shape index (κ3) is 5.41. The van der Waals surface area contributed by atoms with E-state index in [0.717, 1.165) is 6.07 Å². The normalized spacial score (nSPS) is 11.7. The van der Waals surface area contributed by atoms with Crippen LogP contribution in [0.5, 0.6) is 11.5 Å². The molecule has 0 aliphatic rings. The van der Waals surface area contributed by atoms with E-state index in [-0.39, 0.29) is 38.8 Å². The van der Waals surface area contributed by atoms with Gasteiger partial charge in [-0.1, -0.05) is 54.9 Å².